The average Bonchev–Trinajstić information content (AvgIpc) is 3.33. The Hall–Kier alpha value is -4.06. The third-order valence-electron chi connectivity index (χ3n) is 4.76. The van der Waals surface area contributed by atoms with Crippen LogP contribution in [0.4, 0.5) is 0 Å². The molecule has 2 aliphatic heterocycles. The van der Waals surface area contributed by atoms with Crippen molar-refractivity contribution in [1.29, 1.82) is 0 Å². The molecule has 2 heterocycles. The maximum atomic E-state index is 12.7. The molecule has 0 atom stereocenters. The van der Waals surface area contributed by atoms with Crippen LogP contribution in [0.25, 0.3) is 6.08 Å². The molecule has 0 aliphatic carbocycles. The number of rotatable bonds is 4. The molecule has 148 valence electrons. The summed E-state index contributed by atoms with van der Waals surface area (Å²) in [4.78, 5) is 24.8. The number of benzene rings is 3. The Morgan fingerprint density at radius 1 is 0.933 bits per heavy atom. The van der Waals surface area contributed by atoms with Crippen molar-refractivity contribution in [2.24, 2.45) is 0 Å². The monoisotopic (exact) mass is 400 g/mol. The van der Waals surface area contributed by atoms with Crippen LogP contribution in [0.3, 0.4) is 0 Å². The third-order valence-corrected chi connectivity index (χ3v) is 4.76. The number of ether oxygens (including phenoxy) is 4. The maximum absolute atomic E-state index is 12.7. The molecule has 0 fully saturated rings. The molecule has 0 unspecified atom stereocenters. The van der Waals surface area contributed by atoms with Crippen LogP contribution in [-0.2, 0) is 11.2 Å². The smallest absolute Gasteiger partial charge is 0.315 e. The Morgan fingerprint density at radius 3 is 2.63 bits per heavy atom. The van der Waals surface area contributed by atoms with Crippen molar-refractivity contribution >= 4 is 17.8 Å². The summed E-state index contributed by atoms with van der Waals surface area (Å²) in [6.07, 6.45) is 1.80. The molecular weight excluding hydrogens is 384 g/mol. The zero-order valence-electron chi connectivity index (χ0n) is 15.8. The second-order valence-corrected chi connectivity index (χ2v) is 6.85. The zero-order valence-corrected chi connectivity index (χ0v) is 15.8. The number of fused-ring (bicyclic) bond motifs is 2. The Kier molecular flexibility index (Phi) is 4.44. The van der Waals surface area contributed by atoms with Gasteiger partial charge in [0.1, 0.15) is 11.5 Å². The van der Waals surface area contributed by atoms with Gasteiger partial charge in [0, 0.05) is 6.07 Å². The number of carbonyl (C=O) groups is 2. The first kappa shape index (κ1) is 18.0. The first-order valence-corrected chi connectivity index (χ1v) is 9.38. The van der Waals surface area contributed by atoms with Gasteiger partial charge in [0.05, 0.1) is 12.0 Å². The topological polar surface area (TPSA) is 71.1 Å². The number of esters is 1. The fourth-order valence-corrected chi connectivity index (χ4v) is 3.32. The van der Waals surface area contributed by atoms with Crippen LogP contribution >= 0.6 is 0 Å². The minimum absolute atomic E-state index is 0.160. The fourth-order valence-electron chi connectivity index (χ4n) is 3.32. The van der Waals surface area contributed by atoms with Gasteiger partial charge >= 0.3 is 5.97 Å². The van der Waals surface area contributed by atoms with Gasteiger partial charge in [-0.3, -0.25) is 9.59 Å². The van der Waals surface area contributed by atoms with Crippen LogP contribution in [0.5, 0.6) is 23.0 Å². The molecule has 0 saturated heterocycles. The lowest BCUT2D eigenvalue weighted by Crippen LogP contribution is -2.11. The Balaban J connectivity index is 1.32. The highest BCUT2D eigenvalue weighted by Gasteiger charge is 2.28. The first-order chi connectivity index (χ1) is 14.7. The van der Waals surface area contributed by atoms with Gasteiger partial charge in [0.2, 0.25) is 12.6 Å². The number of Topliss-reactive ketones (excluding diaryl/α,β-unsaturated/α-hetero) is 1. The molecule has 3 aromatic rings. The first-order valence-electron chi connectivity index (χ1n) is 9.38. The summed E-state index contributed by atoms with van der Waals surface area (Å²) in [5.74, 6) is 1.55. The highest BCUT2D eigenvalue weighted by atomic mass is 16.7. The highest BCUT2D eigenvalue weighted by molar-refractivity contribution is 6.14. The third kappa shape index (κ3) is 3.51. The van der Waals surface area contributed by atoms with Crippen LogP contribution in [0, 0.1) is 0 Å². The van der Waals surface area contributed by atoms with Crippen LogP contribution in [0.15, 0.2) is 72.5 Å². The molecule has 0 aromatic heterocycles. The molecule has 0 N–H and O–H groups in total. The minimum Gasteiger partial charge on any atom is -0.454 e. The molecule has 6 heteroatoms. The summed E-state index contributed by atoms with van der Waals surface area (Å²) in [6.45, 7) is 0.183. The normalized spacial score (nSPS) is 15.1. The standard InChI is InChI=1S/C24H16O6/c25-23(12-15-4-2-1-3-5-15)29-17-7-8-18-20(13-17)30-22(24(18)26)11-16-6-9-19-21(10-16)28-14-27-19/h1-11,13H,12,14H2/b22-11-. The van der Waals surface area contributed by atoms with E-state index in [4.69, 9.17) is 18.9 Å². The Bertz CT molecular complexity index is 1180. The molecule has 2 aliphatic rings. The molecule has 0 saturated carbocycles. The van der Waals surface area contributed by atoms with Crippen molar-refractivity contribution in [1.82, 2.24) is 0 Å². The summed E-state index contributed by atoms with van der Waals surface area (Å²) >= 11 is 0. The summed E-state index contributed by atoms with van der Waals surface area (Å²) in [5.41, 5.74) is 2.04. The molecule has 30 heavy (non-hydrogen) atoms. The largest absolute Gasteiger partial charge is 0.454 e. The van der Waals surface area contributed by atoms with E-state index in [-0.39, 0.29) is 30.7 Å². The Labute approximate surface area is 172 Å². The van der Waals surface area contributed by atoms with E-state index in [1.807, 2.05) is 36.4 Å². The van der Waals surface area contributed by atoms with Gasteiger partial charge in [-0.1, -0.05) is 36.4 Å². The number of ketones is 1. The van der Waals surface area contributed by atoms with Crippen molar-refractivity contribution in [3.05, 3.63) is 89.2 Å². The van der Waals surface area contributed by atoms with Gasteiger partial charge in [0.25, 0.3) is 0 Å². The van der Waals surface area contributed by atoms with Gasteiger partial charge in [-0.15, -0.1) is 0 Å². The number of carbonyl (C=O) groups excluding carboxylic acids is 2. The van der Waals surface area contributed by atoms with Gasteiger partial charge in [0.15, 0.2) is 17.3 Å². The van der Waals surface area contributed by atoms with Gasteiger partial charge in [-0.2, -0.15) is 0 Å². The minimum atomic E-state index is -0.387. The second-order valence-electron chi connectivity index (χ2n) is 6.85. The predicted octanol–water partition coefficient (Wildman–Crippen LogP) is 4.18. The maximum Gasteiger partial charge on any atom is 0.315 e. The van der Waals surface area contributed by atoms with Crippen molar-refractivity contribution < 1.29 is 28.5 Å². The average molecular weight is 400 g/mol. The van der Waals surface area contributed by atoms with Crippen LogP contribution < -0.4 is 18.9 Å². The van der Waals surface area contributed by atoms with E-state index in [1.165, 1.54) is 0 Å². The van der Waals surface area contributed by atoms with E-state index in [2.05, 4.69) is 0 Å². The summed E-state index contributed by atoms with van der Waals surface area (Å²) in [5, 5.41) is 0. The lowest BCUT2D eigenvalue weighted by Gasteiger charge is -2.06. The molecule has 0 bridgehead atoms. The molecule has 5 rings (SSSR count). The van der Waals surface area contributed by atoms with E-state index in [1.54, 1.807) is 36.4 Å². The SMILES string of the molecule is O=C(Cc1ccccc1)Oc1ccc2c(c1)O/C(=C\c1ccc3c(c1)OCO3)C2=O. The van der Waals surface area contributed by atoms with Crippen LogP contribution in [0.2, 0.25) is 0 Å². The van der Waals surface area contributed by atoms with Crippen molar-refractivity contribution in [2.75, 3.05) is 6.79 Å². The summed E-state index contributed by atoms with van der Waals surface area (Å²) in [7, 11) is 0. The highest BCUT2D eigenvalue weighted by Crippen LogP contribution is 2.37. The number of hydrogen-bond acceptors (Lipinski definition) is 6. The molecule has 0 spiro atoms. The van der Waals surface area contributed by atoms with Crippen molar-refractivity contribution in [3.63, 3.8) is 0 Å². The molecular formula is C24H16O6. The Morgan fingerprint density at radius 2 is 1.77 bits per heavy atom. The van der Waals surface area contributed by atoms with Crippen LogP contribution in [-0.4, -0.2) is 18.5 Å². The summed E-state index contributed by atoms with van der Waals surface area (Å²) < 4.78 is 21.8. The van der Waals surface area contributed by atoms with E-state index in [0.29, 0.717) is 28.6 Å². The zero-order chi connectivity index (χ0) is 20.5. The van der Waals surface area contributed by atoms with E-state index in [0.717, 1.165) is 11.1 Å². The van der Waals surface area contributed by atoms with E-state index >= 15 is 0 Å². The van der Waals surface area contributed by atoms with Gasteiger partial charge in [-0.05, 0) is 41.5 Å². The lowest BCUT2D eigenvalue weighted by atomic mass is 10.1. The molecule has 0 amide bonds. The second kappa shape index (κ2) is 7.40. The quantitative estimate of drug-likeness (QED) is 0.372. The van der Waals surface area contributed by atoms with Gasteiger partial charge in [-0.25, -0.2) is 0 Å². The van der Waals surface area contributed by atoms with Gasteiger partial charge < -0.3 is 18.9 Å². The van der Waals surface area contributed by atoms with Crippen molar-refractivity contribution in [3.8, 4) is 23.0 Å². The van der Waals surface area contributed by atoms with E-state index < -0.39 is 0 Å². The molecule has 6 nitrogen and oxygen atoms in total. The summed E-state index contributed by atoms with van der Waals surface area (Å²) in [6, 6.07) is 19.5. The fraction of sp³-hybridized carbons (Fsp3) is 0.0833. The van der Waals surface area contributed by atoms with Crippen LogP contribution in [0.1, 0.15) is 21.5 Å². The predicted molar refractivity (Wildman–Crippen MR) is 108 cm³/mol. The number of hydrogen-bond donors (Lipinski definition) is 0. The van der Waals surface area contributed by atoms with E-state index in [9.17, 15) is 9.59 Å². The molecule has 3 aromatic carbocycles. The number of allylic oxidation sites excluding steroid dienone is 1. The molecule has 0 radical (unpaired) electrons. The lowest BCUT2D eigenvalue weighted by molar-refractivity contribution is -0.133. The van der Waals surface area contributed by atoms with Crippen molar-refractivity contribution in [2.45, 2.75) is 6.42 Å².